The monoisotopic (exact) mass is 442 g/mol. The van der Waals surface area contributed by atoms with E-state index in [1.807, 2.05) is 20.8 Å². The van der Waals surface area contributed by atoms with Crippen molar-refractivity contribution in [2.75, 3.05) is 7.11 Å². The van der Waals surface area contributed by atoms with Gasteiger partial charge in [-0.15, -0.1) is 0 Å². The third-order valence-corrected chi connectivity index (χ3v) is 7.15. The standard InChI is InChI=1S/C29H46O3/c1-19(2)12-9-13-20(3)14-10-15-21(4)16-11-17-25-18-26(30)27-24(7)28(31-8)22(5)23(6)29(27)32-25/h18-21H,9-17H2,1-8H3/t20-,21-/m1/s1. The molecule has 0 aliphatic carbocycles. The quantitative estimate of drug-likeness (QED) is 0.313. The van der Waals surface area contributed by atoms with E-state index in [9.17, 15) is 4.79 Å². The molecule has 0 fully saturated rings. The summed E-state index contributed by atoms with van der Waals surface area (Å²) in [5.41, 5.74) is 3.68. The summed E-state index contributed by atoms with van der Waals surface area (Å²) in [6.07, 6.45) is 11.2. The molecule has 3 heteroatoms. The van der Waals surface area contributed by atoms with Crippen LogP contribution in [0.4, 0.5) is 0 Å². The fourth-order valence-corrected chi connectivity index (χ4v) is 4.93. The van der Waals surface area contributed by atoms with Crippen molar-refractivity contribution in [3.05, 3.63) is 38.7 Å². The molecule has 0 bridgehead atoms. The average molecular weight is 443 g/mol. The molecule has 0 unspecified atom stereocenters. The van der Waals surface area contributed by atoms with Crippen molar-refractivity contribution in [2.45, 2.75) is 106 Å². The van der Waals surface area contributed by atoms with Crippen molar-refractivity contribution >= 4 is 11.0 Å². The number of aryl methyl sites for hydroxylation is 3. The Kier molecular flexibility index (Phi) is 10.3. The molecular weight excluding hydrogens is 396 g/mol. The molecule has 0 saturated carbocycles. The summed E-state index contributed by atoms with van der Waals surface area (Å²) in [5.74, 6) is 4.00. The topological polar surface area (TPSA) is 39.4 Å². The molecule has 0 radical (unpaired) electrons. The average Bonchev–Trinajstić information content (AvgIpc) is 2.72. The van der Waals surface area contributed by atoms with Crippen LogP contribution in [-0.2, 0) is 6.42 Å². The lowest BCUT2D eigenvalue weighted by atomic mass is 9.92. The molecule has 0 N–H and O–H groups in total. The highest BCUT2D eigenvalue weighted by Gasteiger charge is 2.17. The molecule has 32 heavy (non-hydrogen) atoms. The van der Waals surface area contributed by atoms with Crippen LogP contribution in [0.3, 0.4) is 0 Å². The van der Waals surface area contributed by atoms with E-state index >= 15 is 0 Å². The van der Waals surface area contributed by atoms with Gasteiger partial charge in [-0.25, -0.2) is 0 Å². The van der Waals surface area contributed by atoms with E-state index < -0.39 is 0 Å². The van der Waals surface area contributed by atoms with E-state index in [0.717, 1.165) is 64.4 Å². The first-order valence-corrected chi connectivity index (χ1v) is 12.8. The molecule has 180 valence electrons. The Balaban J connectivity index is 1.87. The summed E-state index contributed by atoms with van der Waals surface area (Å²) < 4.78 is 11.8. The van der Waals surface area contributed by atoms with Crippen molar-refractivity contribution in [3.8, 4) is 5.75 Å². The van der Waals surface area contributed by atoms with Crippen LogP contribution in [0.2, 0.25) is 0 Å². The summed E-state index contributed by atoms with van der Waals surface area (Å²) in [6.45, 7) is 15.4. The van der Waals surface area contributed by atoms with Crippen LogP contribution < -0.4 is 10.2 Å². The summed E-state index contributed by atoms with van der Waals surface area (Å²) >= 11 is 0. The van der Waals surface area contributed by atoms with Gasteiger partial charge < -0.3 is 9.15 Å². The number of hydrogen-bond acceptors (Lipinski definition) is 3. The second kappa shape index (κ2) is 12.5. The van der Waals surface area contributed by atoms with Gasteiger partial charge in [0.25, 0.3) is 0 Å². The van der Waals surface area contributed by atoms with Gasteiger partial charge in [0.2, 0.25) is 0 Å². The van der Waals surface area contributed by atoms with E-state index in [-0.39, 0.29) is 5.43 Å². The van der Waals surface area contributed by atoms with Crippen LogP contribution in [0.1, 0.15) is 102 Å². The third kappa shape index (κ3) is 7.12. The zero-order valence-electron chi connectivity index (χ0n) is 21.9. The lowest BCUT2D eigenvalue weighted by Crippen LogP contribution is -2.08. The van der Waals surface area contributed by atoms with Crippen molar-refractivity contribution in [3.63, 3.8) is 0 Å². The minimum atomic E-state index is 0.0413. The lowest BCUT2D eigenvalue weighted by molar-refractivity contribution is 0.386. The van der Waals surface area contributed by atoms with Crippen LogP contribution in [0.5, 0.6) is 5.75 Å². The van der Waals surface area contributed by atoms with Crippen molar-refractivity contribution in [1.82, 2.24) is 0 Å². The molecule has 0 spiro atoms. The van der Waals surface area contributed by atoms with Gasteiger partial charge in [-0.1, -0.05) is 72.6 Å². The number of benzene rings is 1. The molecule has 2 aromatic rings. The Morgan fingerprint density at radius 3 is 1.94 bits per heavy atom. The predicted molar refractivity (Wildman–Crippen MR) is 137 cm³/mol. The van der Waals surface area contributed by atoms with Crippen LogP contribution >= 0.6 is 0 Å². The van der Waals surface area contributed by atoms with Gasteiger partial charge in [-0.2, -0.15) is 0 Å². The number of fused-ring (bicyclic) bond motifs is 1. The molecule has 3 nitrogen and oxygen atoms in total. The Bertz CT molecular complexity index is 922. The van der Waals surface area contributed by atoms with Crippen LogP contribution in [0, 0.1) is 38.5 Å². The van der Waals surface area contributed by atoms with Gasteiger partial charge in [-0.05, 0) is 56.1 Å². The van der Waals surface area contributed by atoms with E-state index in [4.69, 9.17) is 9.15 Å². The summed E-state index contributed by atoms with van der Waals surface area (Å²) in [5, 5.41) is 0.657. The summed E-state index contributed by atoms with van der Waals surface area (Å²) in [4.78, 5) is 12.9. The number of hydrogen-bond donors (Lipinski definition) is 0. The van der Waals surface area contributed by atoms with Crippen molar-refractivity contribution < 1.29 is 9.15 Å². The maximum Gasteiger partial charge on any atom is 0.193 e. The van der Waals surface area contributed by atoms with Crippen molar-refractivity contribution in [1.29, 1.82) is 0 Å². The summed E-state index contributed by atoms with van der Waals surface area (Å²) in [7, 11) is 1.66. The summed E-state index contributed by atoms with van der Waals surface area (Å²) in [6, 6.07) is 1.69. The number of rotatable bonds is 13. The maximum absolute atomic E-state index is 12.9. The zero-order valence-corrected chi connectivity index (χ0v) is 21.9. The second-order valence-corrected chi connectivity index (χ2v) is 10.5. The minimum Gasteiger partial charge on any atom is -0.496 e. The molecule has 0 aliphatic rings. The smallest absolute Gasteiger partial charge is 0.193 e. The Hall–Kier alpha value is -1.77. The van der Waals surface area contributed by atoms with Gasteiger partial charge in [-0.3, -0.25) is 4.79 Å². The molecule has 1 heterocycles. The Morgan fingerprint density at radius 2 is 1.38 bits per heavy atom. The molecule has 0 amide bonds. The zero-order chi connectivity index (χ0) is 23.8. The molecular formula is C29H46O3. The second-order valence-electron chi connectivity index (χ2n) is 10.5. The molecule has 2 atom stereocenters. The lowest BCUT2D eigenvalue weighted by Gasteiger charge is -2.16. The molecule has 1 aromatic heterocycles. The fraction of sp³-hybridized carbons (Fsp3) is 0.690. The van der Waals surface area contributed by atoms with E-state index in [1.165, 1.54) is 44.9 Å². The molecule has 1 aromatic carbocycles. The van der Waals surface area contributed by atoms with Crippen LogP contribution in [0.25, 0.3) is 11.0 Å². The van der Waals surface area contributed by atoms with Crippen LogP contribution in [0.15, 0.2) is 15.3 Å². The third-order valence-electron chi connectivity index (χ3n) is 7.15. The highest BCUT2D eigenvalue weighted by molar-refractivity contribution is 5.87. The van der Waals surface area contributed by atoms with Crippen molar-refractivity contribution in [2.24, 2.45) is 17.8 Å². The van der Waals surface area contributed by atoms with Crippen LogP contribution in [-0.4, -0.2) is 7.11 Å². The molecule has 0 saturated heterocycles. The highest BCUT2D eigenvalue weighted by Crippen LogP contribution is 2.33. The first kappa shape index (κ1) is 26.5. The first-order valence-electron chi connectivity index (χ1n) is 12.8. The van der Waals surface area contributed by atoms with Gasteiger partial charge in [0.05, 0.1) is 12.5 Å². The highest BCUT2D eigenvalue weighted by atomic mass is 16.5. The predicted octanol–water partition coefficient (Wildman–Crippen LogP) is 8.32. The molecule has 0 aliphatic heterocycles. The van der Waals surface area contributed by atoms with Gasteiger partial charge >= 0.3 is 0 Å². The first-order chi connectivity index (χ1) is 15.1. The van der Waals surface area contributed by atoms with Gasteiger partial charge in [0, 0.05) is 18.1 Å². The number of methoxy groups -OCH3 is 1. The van der Waals surface area contributed by atoms with E-state index in [0.29, 0.717) is 5.39 Å². The van der Waals surface area contributed by atoms with E-state index in [2.05, 4.69) is 27.7 Å². The van der Waals surface area contributed by atoms with E-state index in [1.54, 1.807) is 13.2 Å². The SMILES string of the molecule is COc1c(C)c(C)c2oc(CCC[C@H](C)CCC[C@H](C)CCCC(C)C)cc(=O)c2c1C. The largest absolute Gasteiger partial charge is 0.496 e. The maximum atomic E-state index is 12.9. The fourth-order valence-electron chi connectivity index (χ4n) is 4.93. The normalized spacial score (nSPS) is 13.7. The van der Waals surface area contributed by atoms with Gasteiger partial charge in [0.15, 0.2) is 5.43 Å². The Morgan fingerprint density at radius 1 is 0.812 bits per heavy atom. The Labute approximate surface area is 195 Å². The minimum absolute atomic E-state index is 0.0413. The number of ether oxygens (including phenoxy) is 1. The van der Waals surface area contributed by atoms with Gasteiger partial charge in [0.1, 0.15) is 17.1 Å². The molecule has 2 rings (SSSR count).